The van der Waals surface area contributed by atoms with Gasteiger partial charge in [-0.1, -0.05) is 36.4 Å². The molecule has 0 saturated heterocycles. The highest BCUT2D eigenvalue weighted by molar-refractivity contribution is 7.78. The van der Waals surface area contributed by atoms with Crippen LogP contribution in [0.25, 0.3) is 10.9 Å². The molecule has 1 heterocycles. The van der Waals surface area contributed by atoms with Gasteiger partial charge in [0.1, 0.15) is 24.5 Å². The molecule has 0 amide bonds. The molecule has 0 fully saturated rings. The Morgan fingerprint density at radius 1 is 0.931 bits per heavy atom. The van der Waals surface area contributed by atoms with E-state index in [4.69, 9.17) is 9.29 Å². The van der Waals surface area contributed by atoms with Gasteiger partial charge >= 0.3 is 0 Å². The van der Waals surface area contributed by atoms with Crippen LogP contribution in [-0.2, 0) is 23.4 Å². The standard InChI is InChI=1S/C22H19N3O3S/c26-29(27)14-17-6-11-21-20(12-17)22(24-15-23-21)25-18-7-9-19(10-8-18)28-13-16-4-2-1-3-5-16/h1-12,15H,13-14H2,(H,26,27)(H,23,24,25). The predicted octanol–water partition coefficient (Wildman–Crippen LogP) is 4.67. The largest absolute Gasteiger partial charge is 0.489 e. The van der Waals surface area contributed by atoms with E-state index in [2.05, 4.69) is 15.3 Å². The van der Waals surface area contributed by atoms with Crippen LogP contribution in [0.1, 0.15) is 11.1 Å². The van der Waals surface area contributed by atoms with Crippen molar-refractivity contribution in [2.24, 2.45) is 0 Å². The number of rotatable bonds is 7. The van der Waals surface area contributed by atoms with Crippen LogP contribution in [0.15, 0.2) is 79.1 Å². The van der Waals surface area contributed by atoms with Crippen molar-refractivity contribution in [1.82, 2.24) is 9.97 Å². The Morgan fingerprint density at radius 2 is 1.72 bits per heavy atom. The van der Waals surface area contributed by atoms with E-state index in [1.165, 1.54) is 6.33 Å². The molecule has 0 saturated carbocycles. The maximum absolute atomic E-state index is 11.1. The maximum Gasteiger partial charge on any atom is 0.157 e. The number of benzene rings is 3. The fraction of sp³-hybridized carbons (Fsp3) is 0.0909. The molecule has 1 aromatic heterocycles. The molecule has 0 radical (unpaired) electrons. The van der Waals surface area contributed by atoms with E-state index >= 15 is 0 Å². The predicted molar refractivity (Wildman–Crippen MR) is 115 cm³/mol. The van der Waals surface area contributed by atoms with Gasteiger partial charge in [-0.25, -0.2) is 14.2 Å². The first-order valence-corrected chi connectivity index (χ1v) is 10.3. The van der Waals surface area contributed by atoms with E-state index in [9.17, 15) is 4.21 Å². The number of aromatic nitrogens is 2. The minimum absolute atomic E-state index is 0.0672. The summed E-state index contributed by atoms with van der Waals surface area (Å²) in [6.07, 6.45) is 1.49. The van der Waals surface area contributed by atoms with E-state index in [-0.39, 0.29) is 5.75 Å². The van der Waals surface area contributed by atoms with E-state index in [0.717, 1.165) is 33.5 Å². The van der Waals surface area contributed by atoms with Crippen LogP contribution < -0.4 is 10.1 Å². The second kappa shape index (κ2) is 8.81. The van der Waals surface area contributed by atoms with Crippen LogP contribution in [0.2, 0.25) is 0 Å². The molecule has 1 unspecified atom stereocenters. The van der Waals surface area contributed by atoms with E-state index in [0.29, 0.717) is 12.4 Å². The van der Waals surface area contributed by atoms with Crippen molar-refractivity contribution in [3.05, 3.63) is 90.3 Å². The van der Waals surface area contributed by atoms with Crippen LogP contribution in [0, 0.1) is 0 Å². The number of ether oxygens (including phenoxy) is 1. The Kier molecular flexibility index (Phi) is 5.79. The van der Waals surface area contributed by atoms with Crippen molar-refractivity contribution in [2.45, 2.75) is 12.4 Å². The molecular formula is C22H19N3O3S. The number of hydrogen-bond acceptors (Lipinski definition) is 5. The number of nitrogens with one attached hydrogen (secondary N) is 1. The van der Waals surface area contributed by atoms with Gasteiger partial charge in [-0.2, -0.15) is 0 Å². The summed E-state index contributed by atoms with van der Waals surface area (Å²) in [5.41, 5.74) is 3.48. The summed E-state index contributed by atoms with van der Waals surface area (Å²) < 4.78 is 26.1. The first kappa shape index (κ1) is 19.0. The lowest BCUT2D eigenvalue weighted by molar-refractivity contribution is 0.306. The third kappa shape index (κ3) is 4.96. The SMILES string of the molecule is O=S(O)Cc1ccc2ncnc(Nc3ccc(OCc4ccccc4)cc3)c2c1. The summed E-state index contributed by atoms with van der Waals surface area (Å²) in [6, 6.07) is 23.1. The molecule has 0 bridgehead atoms. The van der Waals surface area contributed by atoms with Gasteiger partial charge in [0, 0.05) is 11.1 Å². The Hall–Kier alpha value is -3.29. The maximum atomic E-state index is 11.1. The average molecular weight is 405 g/mol. The summed E-state index contributed by atoms with van der Waals surface area (Å²) in [4.78, 5) is 8.59. The highest BCUT2D eigenvalue weighted by atomic mass is 32.2. The van der Waals surface area contributed by atoms with Gasteiger partial charge in [-0.3, -0.25) is 0 Å². The zero-order valence-electron chi connectivity index (χ0n) is 15.5. The fourth-order valence-corrected chi connectivity index (χ4v) is 3.41. The monoisotopic (exact) mass is 405 g/mol. The van der Waals surface area contributed by atoms with Gasteiger partial charge in [0.05, 0.1) is 11.3 Å². The van der Waals surface area contributed by atoms with Crippen LogP contribution in [0.4, 0.5) is 11.5 Å². The van der Waals surface area contributed by atoms with Gasteiger partial charge < -0.3 is 14.6 Å². The van der Waals surface area contributed by atoms with Gasteiger partial charge in [0.15, 0.2) is 11.1 Å². The number of fused-ring (bicyclic) bond motifs is 1. The molecule has 7 heteroatoms. The topological polar surface area (TPSA) is 84.3 Å². The third-order valence-corrected chi connectivity index (χ3v) is 4.94. The van der Waals surface area contributed by atoms with Crippen molar-refractivity contribution < 1.29 is 13.5 Å². The van der Waals surface area contributed by atoms with E-state index in [1.54, 1.807) is 6.07 Å². The quantitative estimate of drug-likeness (QED) is 0.435. The molecule has 0 aliphatic heterocycles. The van der Waals surface area contributed by atoms with E-state index in [1.807, 2.05) is 66.7 Å². The van der Waals surface area contributed by atoms with Crippen LogP contribution >= 0.6 is 0 Å². The molecule has 2 N–H and O–H groups in total. The summed E-state index contributed by atoms with van der Waals surface area (Å²) >= 11 is -1.90. The smallest absolute Gasteiger partial charge is 0.157 e. The zero-order valence-corrected chi connectivity index (χ0v) is 16.3. The van der Waals surface area contributed by atoms with Gasteiger partial charge in [-0.05, 0) is 47.5 Å². The Labute approximate surface area is 170 Å². The summed E-state index contributed by atoms with van der Waals surface area (Å²) in [7, 11) is 0. The van der Waals surface area contributed by atoms with Crippen molar-refractivity contribution in [1.29, 1.82) is 0 Å². The van der Waals surface area contributed by atoms with Crippen LogP contribution in [0.5, 0.6) is 5.75 Å². The second-order valence-electron chi connectivity index (χ2n) is 6.46. The second-order valence-corrected chi connectivity index (χ2v) is 7.39. The van der Waals surface area contributed by atoms with Gasteiger partial charge in [-0.15, -0.1) is 0 Å². The normalized spacial score (nSPS) is 11.9. The van der Waals surface area contributed by atoms with Crippen molar-refractivity contribution >= 4 is 33.5 Å². The first-order valence-electron chi connectivity index (χ1n) is 9.02. The third-order valence-electron chi connectivity index (χ3n) is 4.36. The summed E-state index contributed by atoms with van der Waals surface area (Å²) in [5.74, 6) is 1.48. The molecule has 4 aromatic rings. The molecule has 1 atom stereocenters. The lowest BCUT2D eigenvalue weighted by Crippen LogP contribution is -1.99. The first-order chi connectivity index (χ1) is 14.2. The van der Waals surface area contributed by atoms with Crippen molar-refractivity contribution in [3.63, 3.8) is 0 Å². The average Bonchev–Trinajstić information content (AvgIpc) is 2.74. The van der Waals surface area contributed by atoms with Crippen molar-refractivity contribution in [2.75, 3.05) is 5.32 Å². The molecular weight excluding hydrogens is 386 g/mol. The van der Waals surface area contributed by atoms with Crippen molar-refractivity contribution in [3.8, 4) is 5.75 Å². The number of nitrogens with zero attached hydrogens (tertiary/aromatic N) is 2. The molecule has 0 aliphatic rings. The highest BCUT2D eigenvalue weighted by Gasteiger charge is 2.07. The molecule has 0 spiro atoms. The van der Waals surface area contributed by atoms with E-state index < -0.39 is 11.1 Å². The Morgan fingerprint density at radius 3 is 2.48 bits per heavy atom. The van der Waals surface area contributed by atoms with Crippen LogP contribution in [-0.4, -0.2) is 18.7 Å². The molecule has 6 nitrogen and oxygen atoms in total. The number of hydrogen-bond donors (Lipinski definition) is 2. The molecule has 0 aliphatic carbocycles. The lowest BCUT2D eigenvalue weighted by Gasteiger charge is -2.11. The van der Waals surface area contributed by atoms with Crippen LogP contribution in [0.3, 0.4) is 0 Å². The summed E-state index contributed by atoms with van der Waals surface area (Å²) in [5, 5.41) is 4.07. The number of anilines is 2. The zero-order chi connectivity index (χ0) is 20.1. The Balaban J connectivity index is 1.50. The highest BCUT2D eigenvalue weighted by Crippen LogP contribution is 2.26. The van der Waals surface area contributed by atoms with Gasteiger partial charge in [0.2, 0.25) is 0 Å². The summed E-state index contributed by atoms with van der Waals surface area (Å²) in [6.45, 7) is 0.513. The minimum atomic E-state index is -1.90. The lowest BCUT2D eigenvalue weighted by atomic mass is 10.1. The molecule has 3 aromatic carbocycles. The Bertz CT molecular complexity index is 1140. The minimum Gasteiger partial charge on any atom is -0.489 e. The molecule has 146 valence electrons. The molecule has 29 heavy (non-hydrogen) atoms. The fourth-order valence-electron chi connectivity index (χ4n) is 2.95. The van der Waals surface area contributed by atoms with Gasteiger partial charge in [0.25, 0.3) is 0 Å². The molecule has 4 rings (SSSR count).